The summed E-state index contributed by atoms with van der Waals surface area (Å²) in [7, 11) is 1.51. The number of amides is 1. The van der Waals surface area contributed by atoms with E-state index in [2.05, 4.69) is 5.32 Å². The normalized spacial score (nSPS) is 11.5. The zero-order valence-corrected chi connectivity index (χ0v) is 15.1. The molecule has 0 aromatic heterocycles. The second kappa shape index (κ2) is 8.53. The Morgan fingerprint density at radius 2 is 1.84 bits per heavy atom. The van der Waals surface area contributed by atoms with E-state index in [1.54, 1.807) is 49.4 Å². The van der Waals surface area contributed by atoms with E-state index in [0.29, 0.717) is 34.2 Å². The summed E-state index contributed by atoms with van der Waals surface area (Å²) in [5.74, 6) is 0.736. The molecule has 6 heteroatoms. The summed E-state index contributed by atoms with van der Waals surface area (Å²) >= 11 is 5.95. The molecule has 1 atom stereocenters. The number of methoxy groups -OCH3 is 1. The van der Waals surface area contributed by atoms with Gasteiger partial charge >= 0.3 is 0 Å². The Hall–Kier alpha value is -2.53. The molecule has 0 fully saturated rings. The molecule has 132 valence electrons. The lowest BCUT2D eigenvalue weighted by molar-refractivity contribution is -0.122. The van der Waals surface area contributed by atoms with Crippen molar-refractivity contribution in [3.63, 3.8) is 0 Å². The minimum Gasteiger partial charge on any atom is -0.495 e. The fourth-order valence-electron chi connectivity index (χ4n) is 2.19. The monoisotopic (exact) mass is 361 g/mol. The molecule has 1 N–H and O–H groups in total. The number of rotatable bonds is 7. The van der Waals surface area contributed by atoms with Crippen LogP contribution < -0.4 is 14.8 Å². The number of carbonyl (C=O) groups is 2. The van der Waals surface area contributed by atoms with Gasteiger partial charge in [-0.2, -0.15) is 0 Å². The van der Waals surface area contributed by atoms with E-state index in [1.807, 2.05) is 6.92 Å². The Bertz CT molecular complexity index is 759. The first-order valence-electron chi connectivity index (χ1n) is 7.89. The van der Waals surface area contributed by atoms with Crippen LogP contribution in [0.2, 0.25) is 5.02 Å². The van der Waals surface area contributed by atoms with Crippen molar-refractivity contribution in [1.29, 1.82) is 0 Å². The lowest BCUT2D eigenvalue weighted by atomic mass is 10.1. The third-order valence-corrected chi connectivity index (χ3v) is 3.83. The van der Waals surface area contributed by atoms with Gasteiger partial charge in [0.05, 0.1) is 12.8 Å². The van der Waals surface area contributed by atoms with Crippen LogP contribution in [0.4, 0.5) is 5.69 Å². The smallest absolute Gasteiger partial charge is 0.265 e. The van der Waals surface area contributed by atoms with Gasteiger partial charge < -0.3 is 14.8 Å². The molecule has 2 aromatic rings. The van der Waals surface area contributed by atoms with Crippen LogP contribution in [0.15, 0.2) is 42.5 Å². The summed E-state index contributed by atoms with van der Waals surface area (Å²) in [6.07, 6.45) is -0.295. The van der Waals surface area contributed by atoms with Gasteiger partial charge in [-0.05, 0) is 49.4 Å². The highest BCUT2D eigenvalue weighted by Crippen LogP contribution is 2.28. The second-order valence-corrected chi connectivity index (χ2v) is 5.83. The van der Waals surface area contributed by atoms with Crippen molar-refractivity contribution in [3.8, 4) is 11.5 Å². The number of anilines is 1. The summed E-state index contributed by atoms with van der Waals surface area (Å²) in [4.78, 5) is 23.9. The highest BCUT2D eigenvalue weighted by Gasteiger charge is 2.17. The first-order valence-corrected chi connectivity index (χ1v) is 8.26. The van der Waals surface area contributed by atoms with Gasteiger partial charge in [-0.1, -0.05) is 18.5 Å². The fourth-order valence-corrected chi connectivity index (χ4v) is 2.37. The maximum atomic E-state index is 12.3. The van der Waals surface area contributed by atoms with Crippen LogP contribution in [0, 0.1) is 0 Å². The number of hydrogen-bond donors (Lipinski definition) is 1. The molecule has 0 saturated heterocycles. The summed E-state index contributed by atoms with van der Waals surface area (Å²) in [5.41, 5.74) is 1.09. The van der Waals surface area contributed by atoms with Crippen molar-refractivity contribution in [1.82, 2.24) is 0 Å². The van der Waals surface area contributed by atoms with Gasteiger partial charge in [0.25, 0.3) is 5.91 Å². The van der Waals surface area contributed by atoms with Crippen LogP contribution in [0.25, 0.3) is 0 Å². The highest BCUT2D eigenvalue weighted by atomic mass is 35.5. The van der Waals surface area contributed by atoms with Crippen LogP contribution in [0.1, 0.15) is 30.6 Å². The third-order valence-electron chi connectivity index (χ3n) is 3.60. The topological polar surface area (TPSA) is 64.6 Å². The second-order valence-electron chi connectivity index (χ2n) is 5.40. The Balaban J connectivity index is 2.03. The van der Waals surface area contributed by atoms with E-state index in [9.17, 15) is 9.59 Å². The van der Waals surface area contributed by atoms with Crippen molar-refractivity contribution in [2.24, 2.45) is 0 Å². The average Bonchev–Trinajstić information content (AvgIpc) is 2.61. The van der Waals surface area contributed by atoms with Gasteiger partial charge in [-0.25, -0.2) is 0 Å². The maximum Gasteiger partial charge on any atom is 0.265 e. The van der Waals surface area contributed by atoms with Crippen LogP contribution in [-0.4, -0.2) is 24.9 Å². The van der Waals surface area contributed by atoms with E-state index in [1.165, 1.54) is 7.11 Å². The van der Waals surface area contributed by atoms with Crippen LogP contribution >= 0.6 is 11.6 Å². The van der Waals surface area contributed by atoms with E-state index in [4.69, 9.17) is 21.1 Å². The van der Waals surface area contributed by atoms with Crippen molar-refractivity contribution in [3.05, 3.63) is 53.1 Å². The number of halogens is 1. The molecular weight excluding hydrogens is 342 g/mol. The molecule has 25 heavy (non-hydrogen) atoms. The van der Waals surface area contributed by atoms with Crippen molar-refractivity contribution in [2.45, 2.75) is 26.4 Å². The Morgan fingerprint density at radius 1 is 1.16 bits per heavy atom. The van der Waals surface area contributed by atoms with Gasteiger partial charge in [0.2, 0.25) is 0 Å². The van der Waals surface area contributed by atoms with Crippen molar-refractivity contribution in [2.75, 3.05) is 12.4 Å². The van der Waals surface area contributed by atoms with E-state index in [-0.39, 0.29) is 11.7 Å². The molecule has 0 bridgehead atoms. The molecule has 0 heterocycles. The third kappa shape index (κ3) is 4.97. The SMILES string of the molecule is CCC(=O)c1ccc(O[C@@H](C)C(=O)Nc2cc(Cl)ccc2OC)cc1. The zero-order chi connectivity index (χ0) is 18.4. The van der Waals surface area contributed by atoms with E-state index in [0.717, 1.165) is 0 Å². The zero-order valence-electron chi connectivity index (χ0n) is 14.3. The molecule has 2 aromatic carbocycles. The Labute approximate surface area is 151 Å². The number of benzene rings is 2. The van der Waals surface area contributed by atoms with Gasteiger partial charge in [0, 0.05) is 17.0 Å². The summed E-state index contributed by atoms with van der Waals surface area (Å²) in [6, 6.07) is 11.7. The van der Waals surface area contributed by atoms with Crippen molar-refractivity contribution >= 4 is 29.0 Å². The number of nitrogens with one attached hydrogen (secondary N) is 1. The molecule has 0 saturated carbocycles. The molecule has 0 aliphatic heterocycles. The van der Waals surface area contributed by atoms with Gasteiger partial charge in [0.15, 0.2) is 11.9 Å². The first kappa shape index (κ1) is 18.8. The quantitative estimate of drug-likeness (QED) is 0.745. The first-order chi connectivity index (χ1) is 11.9. The lowest BCUT2D eigenvalue weighted by Gasteiger charge is -2.16. The molecular formula is C19H20ClNO4. The molecule has 0 spiro atoms. The highest BCUT2D eigenvalue weighted by molar-refractivity contribution is 6.31. The van der Waals surface area contributed by atoms with Crippen LogP contribution in [0.3, 0.4) is 0 Å². The van der Waals surface area contributed by atoms with Crippen molar-refractivity contribution < 1.29 is 19.1 Å². The van der Waals surface area contributed by atoms with Gasteiger partial charge in [-0.3, -0.25) is 9.59 Å². The lowest BCUT2D eigenvalue weighted by Crippen LogP contribution is -2.30. The largest absolute Gasteiger partial charge is 0.495 e. The Kier molecular flexibility index (Phi) is 6.42. The van der Waals surface area contributed by atoms with Crippen LogP contribution in [-0.2, 0) is 4.79 Å². The minimum absolute atomic E-state index is 0.0605. The summed E-state index contributed by atoms with van der Waals surface area (Å²) < 4.78 is 10.8. The fraction of sp³-hybridized carbons (Fsp3) is 0.263. The standard InChI is InChI=1S/C19H20ClNO4/c1-4-17(22)13-5-8-15(9-6-13)25-12(2)19(23)21-16-11-14(20)7-10-18(16)24-3/h5-12H,4H2,1-3H3,(H,21,23)/t12-/m0/s1. The predicted molar refractivity (Wildman–Crippen MR) is 97.8 cm³/mol. The van der Waals surface area contributed by atoms with Gasteiger partial charge in [-0.15, -0.1) is 0 Å². The number of ether oxygens (including phenoxy) is 2. The summed E-state index contributed by atoms with van der Waals surface area (Å²) in [5, 5.41) is 3.22. The number of Topliss-reactive ketones (excluding diaryl/α,β-unsaturated/α-hetero) is 1. The molecule has 5 nitrogen and oxygen atoms in total. The molecule has 0 aliphatic carbocycles. The molecule has 0 radical (unpaired) electrons. The summed E-state index contributed by atoms with van der Waals surface area (Å²) in [6.45, 7) is 3.45. The van der Waals surface area contributed by atoms with Gasteiger partial charge in [0.1, 0.15) is 11.5 Å². The average molecular weight is 362 g/mol. The Morgan fingerprint density at radius 3 is 2.44 bits per heavy atom. The molecule has 0 aliphatic rings. The number of hydrogen-bond acceptors (Lipinski definition) is 4. The number of carbonyl (C=O) groups excluding carboxylic acids is 2. The molecule has 1 amide bonds. The molecule has 0 unspecified atom stereocenters. The molecule has 2 rings (SSSR count). The van der Waals surface area contributed by atoms with E-state index >= 15 is 0 Å². The van der Waals surface area contributed by atoms with E-state index < -0.39 is 6.10 Å². The maximum absolute atomic E-state index is 12.3. The van der Waals surface area contributed by atoms with Crippen LogP contribution in [0.5, 0.6) is 11.5 Å². The number of ketones is 1. The minimum atomic E-state index is -0.739. The predicted octanol–water partition coefficient (Wildman–Crippen LogP) is 4.35.